The van der Waals surface area contributed by atoms with Crippen LogP contribution in [0.3, 0.4) is 0 Å². The molecule has 2 aromatic rings. The summed E-state index contributed by atoms with van der Waals surface area (Å²) in [5.74, 6) is 0.539. The molecule has 2 heterocycles. The zero-order valence-corrected chi connectivity index (χ0v) is 41.2. The third-order valence-electron chi connectivity index (χ3n) is 12.5. The van der Waals surface area contributed by atoms with Gasteiger partial charge in [-0.1, -0.05) is 108 Å². The summed E-state index contributed by atoms with van der Waals surface area (Å²) in [7, 11) is -10.7. The van der Waals surface area contributed by atoms with Crippen molar-refractivity contribution in [2.75, 3.05) is 13.2 Å². The number of halogens is 1. The third-order valence-corrected chi connectivity index (χ3v) is 28.4. The normalized spacial score (nSPS) is 24.1. The Balaban J connectivity index is 1.77. The molecule has 13 heteroatoms. The van der Waals surface area contributed by atoms with Gasteiger partial charge in [0.1, 0.15) is 17.9 Å². The van der Waals surface area contributed by atoms with E-state index in [0.29, 0.717) is 18.8 Å². The van der Waals surface area contributed by atoms with E-state index in [1.54, 1.807) is 12.1 Å². The summed E-state index contributed by atoms with van der Waals surface area (Å²) in [6, 6.07) is 14.1. The van der Waals surface area contributed by atoms with Gasteiger partial charge in [0.05, 0.1) is 23.7 Å². The molecule has 0 aliphatic carbocycles. The lowest BCUT2D eigenvalue weighted by molar-refractivity contribution is -0.240. The Bertz CT molecular complexity index is 1730. The zero-order valence-electron chi connectivity index (χ0n) is 35.8. The van der Waals surface area contributed by atoms with Gasteiger partial charge < -0.3 is 22.8 Å². The van der Waals surface area contributed by atoms with Crippen LogP contribution >= 0.6 is 15.9 Å². The van der Waals surface area contributed by atoms with E-state index in [4.69, 9.17) is 22.8 Å². The van der Waals surface area contributed by atoms with Gasteiger partial charge in [-0.15, -0.1) is 0 Å². The molecular weight excluding hydrogens is 815 g/mol. The maximum Gasteiger partial charge on any atom is 0.244 e. The molecule has 1 saturated heterocycles. The molecule has 0 aromatic heterocycles. The van der Waals surface area contributed by atoms with Crippen LogP contribution in [0.5, 0.6) is 0 Å². The molecule has 54 heavy (non-hydrogen) atoms. The largest absolute Gasteiger partial charge is 0.467 e. The van der Waals surface area contributed by atoms with Gasteiger partial charge >= 0.3 is 0 Å². The molecule has 4 rings (SSSR count). The molecule has 2 aliphatic rings. The van der Waals surface area contributed by atoms with Crippen LogP contribution in [-0.4, -0.2) is 75.4 Å². The first-order chi connectivity index (χ1) is 24.5. The summed E-state index contributed by atoms with van der Waals surface area (Å²) in [5, 5.41) is -0.0726. The Hall–Kier alpha value is -1.14. The standard InChI is InChI=1S/C41H68BrNO7SSi3/c1-29-17-23-32(24-18-29)51(44,45)43-26-25-33(37(43)30-19-21-31(42)22-20-30)47-36-27-34(49-53(13,14)40(5,6)7)38(50-54(15,16)41(8,9)10)35(48-36)28-46-52(11,12)39(2,3)4/h17-25,34-38H,26-28H2,1-16H3/t34-,35-,36+,37+,38-/m1/s1. The Labute approximate surface area is 339 Å². The summed E-state index contributed by atoms with van der Waals surface area (Å²) >= 11 is 3.55. The quantitative estimate of drug-likeness (QED) is 0.196. The number of ether oxygens (including phenoxy) is 2. The van der Waals surface area contributed by atoms with Crippen LogP contribution in [0, 0.1) is 6.92 Å². The Morgan fingerprint density at radius 3 is 1.81 bits per heavy atom. The highest BCUT2D eigenvalue weighted by atomic mass is 79.9. The van der Waals surface area contributed by atoms with Crippen molar-refractivity contribution < 1.29 is 31.2 Å². The summed E-state index contributed by atoms with van der Waals surface area (Å²) in [4.78, 5) is 0.245. The average Bonchev–Trinajstić information content (AvgIpc) is 3.44. The van der Waals surface area contributed by atoms with Crippen molar-refractivity contribution >= 4 is 50.9 Å². The molecule has 2 aromatic carbocycles. The highest BCUT2D eigenvalue weighted by Crippen LogP contribution is 2.46. The third kappa shape index (κ3) is 10.3. The van der Waals surface area contributed by atoms with Crippen LogP contribution in [0.25, 0.3) is 0 Å². The van der Waals surface area contributed by atoms with Crippen molar-refractivity contribution in [3.8, 4) is 0 Å². The van der Waals surface area contributed by atoms with Crippen LogP contribution < -0.4 is 0 Å². The van der Waals surface area contributed by atoms with Crippen molar-refractivity contribution in [2.24, 2.45) is 0 Å². The van der Waals surface area contributed by atoms with Crippen molar-refractivity contribution in [1.29, 1.82) is 0 Å². The molecule has 0 unspecified atom stereocenters. The SMILES string of the molecule is Cc1ccc(S(=O)(=O)N2CC=C(O[C@@H]3C[C@@H](O[Si](C)(C)C(C)(C)C)[C@@H](O[Si](C)(C)C(C)(C)C)[C@@H](CO[Si](C)(C)C(C)(C)C)O3)[C@@H]2c2ccc(Br)cc2)cc1. The smallest absolute Gasteiger partial charge is 0.244 e. The van der Waals surface area contributed by atoms with E-state index < -0.39 is 53.4 Å². The molecular formula is C41H68BrNO7SSi3. The first kappa shape index (κ1) is 45.6. The van der Waals surface area contributed by atoms with Crippen molar-refractivity contribution in [2.45, 2.75) is 166 Å². The van der Waals surface area contributed by atoms with Gasteiger partial charge in [0.15, 0.2) is 25.0 Å². The predicted octanol–water partition coefficient (Wildman–Crippen LogP) is 11.3. The molecule has 1 fully saturated rings. The topological polar surface area (TPSA) is 83.5 Å². The van der Waals surface area contributed by atoms with Gasteiger partial charge in [-0.3, -0.25) is 0 Å². The van der Waals surface area contributed by atoms with E-state index in [0.717, 1.165) is 15.6 Å². The van der Waals surface area contributed by atoms with Crippen LogP contribution in [0.15, 0.2) is 69.7 Å². The van der Waals surface area contributed by atoms with E-state index in [1.165, 1.54) is 4.31 Å². The van der Waals surface area contributed by atoms with Gasteiger partial charge in [-0.2, -0.15) is 4.31 Å². The van der Waals surface area contributed by atoms with Crippen molar-refractivity contribution in [3.05, 3.63) is 76.0 Å². The summed E-state index contributed by atoms with van der Waals surface area (Å²) in [5.41, 5.74) is 1.80. The highest BCUT2D eigenvalue weighted by Gasteiger charge is 2.52. The summed E-state index contributed by atoms with van der Waals surface area (Å²) in [6.07, 6.45) is 0.415. The van der Waals surface area contributed by atoms with Crippen molar-refractivity contribution in [1.82, 2.24) is 4.31 Å². The molecule has 0 spiro atoms. The second-order valence-electron chi connectivity index (χ2n) is 19.7. The Kier molecular flexibility index (Phi) is 13.7. The molecule has 0 N–H and O–H groups in total. The van der Waals surface area contributed by atoms with Crippen LogP contribution in [0.4, 0.5) is 0 Å². The minimum Gasteiger partial charge on any atom is -0.467 e. The monoisotopic (exact) mass is 881 g/mol. The lowest BCUT2D eigenvalue weighted by atomic mass is 10.0. The molecule has 0 amide bonds. The van der Waals surface area contributed by atoms with Gasteiger partial charge in [-0.25, -0.2) is 8.42 Å². The fraction of sp³-hybridized carbons (Fsp3) is 0.659. The maximum absolute atomic E-state index is 14.3. The average molecular weight is 883 g/mol. The Morgan fingerprint density at radius 2 is 1.30 bits per heavy atom. The van der Waals surface area contributed by atoms with Crippen molar-refractivity contribution in [3.63, 3.8) is 0 Å². The summed E-state index contributed by atoms with van der Waals surface area (Å²) < 4.78 is 66.3. The minimum atomic E-state index is -3.88. The first-order valence-corrected chi connectivity index (χ1v) is 30.3. The number of rotatable bonds is 12. The molecule has 0 radical (unpaired) electrons. The first-order valence-electron chi connectivity index (χ1n) is 19.3. The number of benzene rings is 2. The number of nitrogens with zero attached hydrogens (tertiary/aromatic N) is 1. The molecule has 5 atom stereocenters. The van der Waals surface area contributed by atoms with Gasteiger partial charge in [0, 0.05) is 17.4 Å². The number of hydrogen-bond acceptors (Lipinski definition) is 7. The second-order valence-corrected chi connectivity index (χ2v) is 36.9. The van der Waals surface area contributed by atoms with E-state index in [2.05, 4.69) is 118 Å². The van der Waals surface area contributed by atoms with E-state index in [1.807, 2.05) is 49.4 Å². The van der Waals surface area contributed by atoms with E-state index in [-0.39, 0.29) is 38.8 Å². The van der Waals surface area contributed by atoms with E-state index in [9.17, 15) is 8.42 Å². The van der Waals surface area contributed by atoms with E-state index >= 15 is 0 Å². The van der Waals surface area contributed by atoms with Gasteiger partial charge in [-0.05, 0) is 97.2 Å². The fourth-order valence-electron chi connectivity index (χ4n) is 5.81. The van der Waals surface area contributed by atoms with Gasteiger partial charge in [0.2, 0.25) is 16.3 Å². The predicted molar refractivity (Wildman–Crippen MR) is 232 cm³/mol. The second kappa shape index (κ2) is 16.2. The Morgan fingerprint density at radius 1 is 0.778 bits per heavy atom. The maximum atomic E-state index is 14.3. The lowest BCUT2D eigenvalue weighted by Crippen LogP contribution is -2.61. The molecule has 0 saturated carbocycles. The molecule has 2 aliphatic heterocycles. The number of aryl methyl sites for hydroxylation is 1. The molecule has 0 bridgehead atoms. The molecule has 304 valence electrons. The van der Waals surface area contributed by atoms with Crippen LogP contribution in [0.1, 0.15) is 85.9 Å². The van der Waals surface area contributed by atoms with Crippen LogP contribution in [0.2, 0.25) is 54.4 Å². The van der Waals surface area contributed by atoms with Crippen LogP contribution in [-0.2, 0) is 32.8 Å². The highest BCUT2D eigenvalue weighted by molar-refractivity contribution is 9.10. The lowest BCUT2D eigenvalue weighted by Gasteiger charge is -2.50. The minimum absolute atomic E-state index is 0.00333. The molecule has 8 nitrogen and oxygen atoms in total. The summed E-state index contributed by atoms with van der Waals surface area (Å²) in [6.45, 7) is 36.3. The van der Waals surface area contributed by atoms with Gasteiger partial charge in [0.25, 0.3) is 0 Å². The zero-order chi connectivity index (χ0) is 40.9. The number of sulfonamides is 1. The fourth-order valence-corrected chi connectivity index (χ4v) is 11.3. The number of hydrogen-bond donors (Lipinski definition) is 0.